The summed E-state index contributed by atoms with van der Waals surface area (Å²) in [7, 11) is 1.81. The number of hydrogen-bond donors (Lipinski definition) is 1. The molecular formula is C21H25NO4. The molecule has 0 amide bonds. The van der Waals surface area contributed by atoms with E-state index in [1.807, 2.05) is 13.2 Å². The lowest BCUT2D eigenvalue weighted by atomic mass is 9.49. The van der Waals surface area contributed by atoms with Crippen molar-refractivity contribution in [1.29, 1.82) is 0 Å². The fourth-order valence-electron chi connectivity index (χ4n) is 6.65. The Morgan fingerprint density at radius 2 is 2.19 bits per heavy atom. The van der Waals surface area contributed by atoms with Crippen molar-refractivity contribution in [3.05, 3.63) is 23.3 Å². The van der Waals surface area contributed by atoms with E-state index in [1.54, 1.807) is 6.07 Å². The van der Waals surface area contributed by atoms with E-state index >= 15 is 0 Å². The number of piperidine rings is 1. The molecule has 0 radical (unpaired) electrons. The third-order valence-corrected chi connectivity index (χ3v) is 7.88. The van der Waals surface area contributed by atoms with Crippen LogP contribution in [0.25, 0.3) is 0 Å². The predicted octanol–water partition coefficient (Wildman–Crippen LogP) is 2.18. The molecule has 2 saturated carbocycles. The normalized spacial score (nSPS) is 40.3. The molecule has 4 atom stereocenters. The number of ether oxygens (including phenoxy) is 2. The van der Waals surface area contributed by atoms with Crippen molar-refractivity contribution in [1.82, 2.24) is 4.90 Å². The Hall–Kier alpha value is -1.59. The molecule has 1 saturated heterocycles. The van der Waals surface area contributed by atoms with E-state index in [9.17, 15) is 9.90 Å². The molecule has 2 bridgehead atoms. The Bertz CT molecular complexity index is 818. The summed E-state index contributed by atoms with van der Waals surface area (Å²) in [6.45, 7) is 2.12. The monoisotopic (exact) mass is 355 g/mol. The lowest BCUT2D eigenvalue weighted by molar-refractivity contribution is -0.202. The number of benzene rings is 1. The highest BCUT2D eigenvalue weighted by atomic mass is 16.5. The second-order valence-corrected chi connectivity index (χ2v) is 8.89. The molecule has 0 unspecified atom stereocenters. The molecule has 26 heavy (non-hydrogen) atoms. The quantitative estimate of drug-likeness (QED) is 0.901. The van der Waals surface area contributed by atoms with Gasteiger partial charge >= 0.3 is 0 Å². The first-order chi connectivity index (χ1) is 12.6. The zero-order chi connectivity index (χ0) is 17.7. The summed E-state index contributed by atoms with van der Waals surface area (Å²) in [6.07, 6.45) is 5.20. The molecule has 1 aromatic carbocycles. The summed E-state index contributed by atoms with van der Waals surface area (Å²) in [5, 5.41) is 10.4. The zero-order valence-electron chi connectivity index (χ0n) is 15.2. The Morgan fingerprint density at radius 3 is 2.96 bits per heavy atom. The third kappa shape index (κ3) is 1.59. The van der Waals surface area contributed by atoms with Gasteiger partial charge in [-0.1, -0.05) is 6.07 Å². The van der Waals surface area contributed by atoms with E-state index in [1.165, 1.54) is 18.4 Å². The lowest BCUT2D eigenvalue weighted by Gasteiger charge is -2.64. The Labute approximate surface area is 153 Å². The van der Waals surface area contributed by atoms with Crippen LogP contribution in [0.3, 0.4) is 0 Å². The number of carbonyl (C=O) groups is 1. The molecule has 5 aliphatic rings. The summed E-state index contributed by atoms with van der Waals surface area (Å²) >= 11 is 0. The number of ketones is 1. The Kier molecular flexibility index (Phi) is 2.86. The first-order valence-electron chi connectivity index (χ1n) is 9.94. The van der Waals surface area contributed by atoms with E-state index in [0.29, 0.717) is 12.2 Å². The van der Waals surface area contributed by atoms with E-state index in [0.717, 1.165) is 43.8 Å². The molecule has 2 heterocycles. The smallest absolute Gasteiger partial charge is 0.174 e. The van der Waals surface area contributed by atoms with Crippen LogP contribution in [-0.2, 0) is 21.4 Å². The van der Waals surface area contributed by atoms with Crippen molar-refractivity contribution in [2.24, 2.45) is 5.92 Å². The Morgan fingerprint density at radius 1 is 1.35 bits per heavy atom. The minimum atomic E-state index is -0.510. The van der Waals surface area contributed by atoms with Gasteiger partial charge in [0.05, 0.1) is 11.0 Å². The highest BCUT2D eigenvalue weighted by Crippen LogP contribution is 2.65. The average Bonchev–Trinajstić information content (AvgIpc) is 3.38. The molecule has 1 spiro atoms. The standard InChI is InChI=1S/C21H25NO4/c1-25-21-7-6-15(24)19-20(21)8-9-22(11-12-2-3-12)16(21)10-13-4-5-14(23)18(26-19)17(13)20/h4-5,12,16,19,23H,2-3,6-11H2,1H3/t16-,19+,20+,21+/m1/s1. The number of phenolic OH excluding ortho intramolecular Hbond substituents is 1. The predicted molar refractivity (Wildman–Crippen MR) is 94.6 cm³/mol. The molecule has 1 N–H and O–H groups in total. The zero-order valence-corrected chi connectivity index (χ0v) is 15.2. The molecule has 5 nitrogen and oxygen atoms in total. The van der Waals surface area contributed by atoms with Crippen molar-refractivity contribution in [2.75, 3.05) is 20.2 Å². The summed E-state index contributed by atoms with van der Waals surface area (Å²) in [5.41, 5.74) is 1.46. The van der Waals surface area contributed by atoms with Crippen LogP contribution in [0, 0.1) is 5.92 Å². The number of aromatic hydroxyl groups is 1. The van der Waals surface area contributed by atoms with E-state index < -0.39 is 17.1 Å². The van der Waals surface area contributed by atoms with Gasteiger partial charge < -0.3 is 14.6 Å². The molecule has 2 aliphatic heterocycles. The van der Waals surface area contributed by atoms with Crippen LogP contribution in [0.15, 0.2) is 12.1 Å². The molecular weight excluding hydrogens is 330 g/mol. The van der Waals surface area contributed by atoms with Crippen LogP contribution in [0.4, 0.5) is 0 Å². The maximum Gasteiger partial charge on any atom is 0.174 e. The number of methoxy groups -OCH3 is 1. The second-order valence-electron chi connectivity index (χ2n) is 8.89. The van der Waals surface area contributed by atoms with Crippen LogP contribution in [-0.4, -0.2) is 53.7 Å². The van der Waals surface area contributed by atoms with E-state index in [2.05, 4.69) is 4.90 Å². The number of phenols is 1. The van der Waals surface area contributed by atoms with Crippen molar-refractivity contribution in [3.8, 4) is 11.5 Å². The van der Waals surface area contributed by atoms with Gasteiger partial charge in [-0.15, -0.1) is 0 Å². The topological polar surface area (TPSA) is 59.0 Å². The van der Waals surface area contributed by atoms with Gasteiger partial charge in [0.25, 0.3) is 0 Å². The number of nitrogens with zero attached hydrogens (tertiary/aromatic N) is 1. The van der Waals surface area contributed by atoms with Gasteiger partial charge in [-0.05, 0) is 56.2 Å². The summed E-state index contributed by atoms with van der Waals surface area (Å²) in [6, 6.07) is 4.05. The minimum Gasteiger partial charge on any atom is -0.504 e. The fourth-order valence-corrected chi connectivity index (χ4v) is 6.65. The van der Waals surface area contributed by atoms with Crippen molar-refractivity contribution < 1.29 is 19.4 Å². The summed E-state index contributed by atoms with van der Waals surface area (Å²) < 4.78 is 12.5. The van der Waals surface area contributed by atoms with Gasteiger partial charge in [-0.2, -0.15) is 0 Å². The molecule has 5 heteroatoms. The van der Waals surface area contributed by atoms with Crippen molar-refractivity contribution >= 4 is 5.78 Å². The highest BCUT2D eigenvalue weighted by Gasteiger charge is 2.74. The largest absolute Gasteiger partial charge is 0.504 e. The van der Waals surface area contributed by atoms with Crippen LogP contribution < -0.4 is 4.74 Å². The number of Topliss-reactive ketones (excluding diaryl/α,β-unsaturated/α-hetero) is 1. The SMILES string of the molecule is CO[C@]12CCC(=O)[C@@H]3Oc4c(O)ccc5c4[C@@]31CCN(CC1CC1)[C@@H]2C5. The minimum absolute atomic E-state index is 0.157. The number of carbonyl (C=O) groups excluding carboxylic acids is 1. The van der Waals surface area contributed by atoms with Gasteiger partial charge in [0, 0.05) is 31.7 Å². The van der Waals surface area contributed by atoms with Crippen LogP contribution in [0.5, 0.6) is 11.5 Å². The molecule has 3 aliphatic carbocycles. The number of hydrogen-bond acceptors (Lipinski definition) is 5. The lowest BCUT2D eigenvalue weighted by Crippen LogP contribution is -2.77. The van der Waals surface area contributed by atoms with E-state index in [4.69, 9.17) is 9.47 Å². The number of likely N-dealkylation sites (tertiary alicyclic amines) is 1. The maximum atomic E-state index is 12.9. The van der Waals surface area contributed by atoms with Gasteiger partial charge in [-0.3, -0.25) is 9.69 Å². The second kappa shape index (κ2) is 4.82. The van der Waals surface area contributed by atoms with Crippen LogP contribution in [0.1, 0.15) is 43.2 Å². The summed E-state index contributed by atoms with van der Waals surface area (Å²) in [5.74, 6) is 1.69. The van der Waals surface area contributed by atoms with Gasteiger partial charge in [-0.25, -0.2) is 0 Å². The molecule has 138 valence electrons. The average molecular weight is 355 g/mol. The first kappa shape index (κ1) is 15.5. The van der Waals surface area contributed by atoms with E-state index in [-0.39, 0.29) is 17.6 Å². The molecule has 1 aromatic rings. The number of rotatable bonds is 3. The van der Waals surface area contributed by atoms with Gasteiger partial charge in [0.1, 0.15) is 0 Å². The Balaban J connectivity index is 1.60. The third-order valence-electron chi connectivity index (χ3n) is 7.88. The fraction of sp³-hybridized carbons (Fsp3) is 0.667. The van der Waals surface area contributed by atoms with Crippen molar-refractivity contribution in [2.45, 2.75) is 61.7 Å². The summed E-state index contributed by atoms with van der Waals surface area (Å²) in [4.78, 5) is 15.5. The highest BCUT2D eigenvalue weighted by molar-refractivity contribution is 5.90. The van der Waals surface area contributed by atoms with Crippen molar-refractivity contribution in [3.63, 3.8) is 0 Å². The van der Waals surface area contributed by atoms with Gasteiger partial charge in [0.15, 0.2) is 23.4 Å². The van der Waals surface area contributed by atoms with Crippen LogP contribution >= 0.6 is 0 Å². The first-order valence-corrected chi connectivity index (χ1v) is 9.94. The van der Waals surface area contributed by atoms with Gasteiger partial charge in [0.2, 0.25) is 0 Å². The van der Waals surface area contributed by atoms with Crippen LogP contribution in [0.2, 0.25) is 0 Å². The molecule has 3 fully saturated rings. The molecule has 0 aromatic heterocycles. The molecule has 6 rings (SSSR count). The maximum absolute atomic E-state index is 12.9.